The molecule has 2 aromatic rings. The minimum atomic E-state index is -1.17. The number of unbranched alkanes of at least 4 members (excludes halogenated alkanes) is 1. The molecule has 0 saturated heterocycles. The summed E-state index contributed by atoms with van der Waals surface area (Å²) in [5, 5.41) is -0.573. The lowest BCUT2D eigenvalue weighted by Gasteiger charge is -2.06. The van der Waals surface area contributed by atoms with Crippen LogP contribution in [0.3, 0.4) is 0 Å². The Morgan fingerprint density at radius 1 is 1.25 bits per heavy atom. The Kier molecular flexibility index (Phi) is 4.39. The van der Waals surface area contributed by atoms with Crippen molar-refractivity contribution in [1.82, 2.24) is 9.55 Å². The first-order chi connectivity index (χ1) is 9.54. The average molecular weight is 297 g/mol. The minimum Gasteiger partial charge on any atom is -0.295 e. The van der Waals surface area contributed by atoms with Gasteiger partial charge in [0.25, 0.3) is 5.56 Å². The van der Waals surface area contributed by atoms with Crippen LogP contribution in [0.1, 0.15) is 25.3 Å². The fourth-order valence-corrected chi connectivity index (χ4v) is 2.08. The van der Waals surface area contributed by atoms with Gasteiger partial charge in [-0.3, -0.25) is 9.78 Å². The van der Waals surface area contributed by atoms with Crippen LogP contribution in [0.2, 0.25) is 5.15 Å². The van der Waals surface area contributed by atoms with E-state index in [1.165, 1.54) is 0 Å². The molecular formula is C14H14ClFN2O2. The zero-order chi connectivity index (χ0) is 14.7. The van der Waals surface area contributed by atoms with Crippen molar-refractivity contribution in [3.05, 3.63) is 61.6 Å². The highest BCUT2D eigenvalue weighted by Crippen LogP contribution is 2.10. The molecule has 4 nitrogen and oxygen atoms in total. The molecule has 106 valence electrons. The smallest absolute Gasteiger partial charge is 0.295 e. The number of benzene rings is 1. The summed E-state index contributed by atoms with van der Waals surface area (Å²) in [4.78, 5) is 25.6. The highest BCUT2D eigenvalue weighted by Gasteiger charge is 2.13. The van der Waals surface area contributed by atoms with E-state index in [0.29, 0.717) is 5.69 Å². The summed E-state index contributed by atoms with van der Waals surface area (Å²) >= 11 is 5.42. The summed E-state index contributed by atoms with van der Waals surface area (Å²) in [7, 11) is 0. The number of nitrogens with one attached hydrogen (secondary N) is 1. The monoisotopic (exact) mass is 296 g/mol. The number of H-pyrrole nitrogens is 1. The zero-order valence-electron chi connectivity index (χ0n) is 11.0. The normalized spacial score (nSPS) is 10.8. The van der Waals surface area contributed by atoms with Gasteiger partial charge in [-0.25, -0.2) is 9.36 Å². The number of hydrogen-bond donors (Lipinski definition) is 1. The molecule has 0 aliphatic heterocycles. The van der Waals surface area contributed by atoms with Gasteiger partial charge in [-0.2, -0.15) is 4.39 Å². The molecule has 0 saturated carbocycles. The lowest BCUT2D eigenvalue weighted by molar-refractivity contribution is 0.584. The van der Waals surface area contributed by atoms with Crippen LogP contribution < -0.4 is 11.2 Å². The lowest BCUT2D eigenvalue weighted by Crippen LogP contribution is -2.35. The molecule has 2 rings (SSSR count). The van der Waals surface area contributed by atoms with Gasteiger partial charge in [-0.05, 0) is 30.5 Å². The summed E-state index contributed by atoms with van der Waals surface area (Å²) in [5.74, 6) is -1.17. The van der Waals surface area contributed by atoms with Gasteiger partial charge in [0, 0.05) is 0 Å². The van der Waals surface area contributed by atoms with E-state index < -0.39 is 22.2 Å². The van der Waals surface area contributed by atoms with Gasteiger partial charge in [0.1, 0.15) is 0 Å². The molecule has 0 spiro atoms. The first kappa shape index (κ1) is 14.5. The Hall–Kier alpha value is -1.88. The Morgan fingerprint density at radius 2 is 1.90 bits per heavy atom. The third kappa shape index (κ3) is 2.82. The van der Waals surface area contributed by atoms with Gasteiger partial charge in [-0.15, -0.1) is 0 Å². The third-order valence-corrected chi connectivity index (χ3v) is 3.28. The number of aromatic amines is 1. The van der Waals surface area contributed by atoms with E-state index in [2.05, 4.69) is 11.9 Å². The van der Waals surface area contributed by atoms with Gasteiger partial charge < -0.3 is 0 Å². The fourth-order valence-electron chi connectivity index (χ4n) is 1.92. The Labute approximate surface area is 119 Å². The van der Waals surface area contributed by atoms with E-state index in [-0.39, 0.29) is 0 Å². The van der Waals surface area contributed by atoms with Crippen LogP contribution in [-0.4, -0.2) is 9.55 Å². The zero-order valence-corrected chi connectivity index (χ0v) is 11.7. The molecule has 0 aliphatic carbocycles. The standard InChI is InChI=1S/C14H14ClFN2O2/c1-2-3-4-9-5-7-10(8-6-9)18-13(19)11(16)12(15)17-14(18)20/h5-8H,2-4H2,1H3,(H,17,20). The van der Waals surface area contributed by atoms with Crippen LogP contribution in [0.15, 0.2) is 33.9 Å². The quantitative estimate of drug-likeness (QED) is 0.882. The van der Waals surface area contributed by atoms with Crippen molar-refractivity contribution in [1.29, 1.82) is 0 Å². The molecule has 0 unspecified atom stereocenters. The van der Waals surface area contributed by atoms with Crippen molar-refractivity contribution in [2.45, 2.75) is 26.2 Å². The summed E-state index contributed by atoms with van der Waals surface area (Å²) in [6.07, 6.45) is 3.08. The fraction of sp³-hybridized carbons (Fsp3) is 0.286. The average Bonchev–Trinajstić information content (AvgIpc) is 2.44. The van der Waals surface area contributed by atoms with E-state index in [1.807, 2.05) is 12.1 Å². The van der Waals surface area contributed by atoms with Crippen molar-refractivity contribution in [2.24, 2.45) is 0 Å². The second kappa shape index (κ2) is 6.05. The number of nitrogens with zero attached hydrogens (tertiary/aromatic N) is 1. The van der Waals surface area contributed by atoms with E-state index in [1.54, 1.807) is 12.1 Å². The highest BCUT2D eigenvalue weighted by molar-refractivity contribution is 6.29. The maximum Gasteiger partial charge on any atom is 0.334 e. The van der Waals surface area contributed by atoms with E-state index in [4.69, 9.17) is 11.6 Å². The number of hydrogen-bond acceptors (Lipinski definition) is 2. The van der Waals surface area contributed by atoms with Gasteiger partial charge in [0.15, 0.2) is 5.15 Å². The second-order valence-corrected chi connectivity index (χ2v) is 4.85. The molecule has 0 amide bonds. The van der Waals surface area contributed by atoms with Crippen LogP contribution in [0.4, 0.5) is 4.39 Å². The largest absolute Gasteiger partial charge is 0.334 e. The SMILES string of the molecule is CCCCc1ccc(-n2c(=O)[nH]c(Cl)c(F)c2=O)cc1. The van der Waals surface area contributed by atoms with Gasteiger partial charge in [-0.1, -0.05) is 37.1 Å². The molecule has 0 bridgehead atoms. The molecule has 0 fully saturated rings. The van der Waals surface area contributed by atoms with Crippen LogP contribution in [0.5, 0.6) is 0 Å². The summed E-state index contributed by atoms with van der Waals surface area (Å²) < 4.78 is 14.2. The van der Waals surface area contributed by atoms with Gasteiger partial charge >= 0.3 is 5.69 Å². The first-order valence-corrected chi connectivity index (χ1v) is 6.72. The lowest BCUT2D eigenvalue weighted by atomic mass is 10.1. The van der Waals surface area contributed by atoms with Crippen LogP contribution in [0.25, 0.3) is 5.69 Å². The summed E-state index contributed by atoms with van der Waals surface area (Å²) in [6, 6.07) is 6.89. The van der Waals surface area contributed by atoms with E-state index >= 15 is 0 Å². The molecular weight excluding hydrogens is 283 g/mol. The Morgan fingerprint density at radius 3 is 2.50 bits per heavy atom. The minimum absolute atomic E-state index is 0.312. The summed E-state index contributed by atoms with van der Waals surface area (Å²) in [6.45, 7) is 2.10. The highest BCUT2D eigenvalue weighted by atomic mass is 35.5. The van der Waals surface area contributed by atoms with Gasteiger partial charge in [0.05, 0.1) is 5.69 Å². The van der Waals surface area contributed by atoms with Crippen molar-refractivity contribution < 1.29 is 4.39 Å². The number of aryl methyl sites for hydroxylation is 1. The van der Waals surface area contributed by atoms with Crippen LogP contribution in [0, 0.1) is 5.82 Å². The predicted molar refractivity (Wildman–Crippen MR) is 76.2 cm³/mol. The Balaban J connectivity index is 2.45. The molecule has 0 radical (unpaired) electrons. The van der Waals surface area contributed by atoms with Crippen LogP contribution in [-0.2, 0) is 6.42 Å². The maximum atomic E-state index is 13.5. The second-order valence-electron chi connectivity index (χ2n) is 4.47. The third-order valence-electron chi connectivity index (χ3n) is 3.02. The van der Waals surface area contributed by atoms with Gasteiger partial charge in [0.2, 0.25) is 5.82 Å². The molecule has 0 aliphatic rings. The molecule has 1 aromatic carbocycles. The predicted octanol–water partition coefficient (Wildman–Crippen LogP) is 2.66. The van der Waals surface area contributed by atoms with Crippen molar-refractivity contribution in [3.8, 4) is 5.69 Å². The topological polar surface area (TPSA) is 54.9 Å². The van der Waals surface area contributed by atoms with E-state index in [9.17, 15) is 14.0 Å². The van der Waals surface area contributed by atoms with E-state index in [0.717, 1.165) is 29.4 Å². The number of rotatable bonds is 4. The van der Waals surface area contributed by atoms with Crippen molar-refractivity contribution >= 4 is 11.6 Å². The molecule has 0 atom stereocenters. The molecule has 1 N–H and O–H groups in total. The molecule has 20 heavy (non-hydrogen) atoms. The maximum absolute atomic E-state index is 13.5. The van der Waals surface area contributed by atoms with Crippen molar-refractivity contribution in [3.63, 3.8) is 0 Å². The Bertz CT molecular complexity index is 719. The molecule has 6 heteroatoms. The first-order valence-electron chi connectivity index (χ1n) is 6.34. The number of halogens is 2. The number of aromatic nitrogens is 2. The summed E-state index contributed by atoms with van der Waals surface area (Å²) in [5.41, 5.74) is -0.399. The van der Waals surface area contributed by atoms with Crippen LogP contribution >= 0.6 is 11.6 Å². The molecule has 1 aromatic heterocycles. The van der Waals surface area contributed by atoms with Crippen molar-refractivity contribution in [2.75, 3.05) is 0 Å². The molecule has 1 heterocycles.